The molecule has 0 unspecified atom stereocenters. The van der Waals surface area contributed by atoms with E-state index in [-0.39, 0.29) is 29.3 Å². The van der Waals surface area contributed by atoms with Crippen molar-refractivity contribution in [3.05, 3.63) is 136 Å². The molecule has 0 bridgehead atoms. The number of alkyl halides is 2. The van der Waals surface area contributed by atoms with Crippen molar-refractivity contribution in [2.75, 3.05) is 0 Å². The van der Waals surface area contributed by atoms with Crippen LogP contribution in [0.25, 0.3) is 45.1 Å². The van der Waals surface area contributed by atoms with Crippen molar-refractivity contribution in [2.24, 2.45) is 0 Å². The Morgan fingerprint density at radius 3 is 2.04 bits per heavy atom. The quantitative estimate of drug-likeness (QED) is 0.197. The van der Waals surface area contributed by atoms with Gasteiger partial charge in [-0.05, 0) is 87.2 Å². The van der Waals surface area contributed by atoms with Crippen LogP contribution in [-0.2, 0) is 0 Å². The van der Waals surface area contributed by atoms with Gasteiger partial charge < -0.3 is 9.47 Å². The second-order valence-corrected chi connectivity index (χ2v) is 12.6. The molecule has 0 atom stereocenters. The summed E-state index contributed by atoms with van der Waals surface area (Å²) in [5.41, 5.74) is 6.25. The summed E-state index contributed by atoms with van der Waals surface area (Å²) in [5, 5.41) is 8.40. The van der Waals surface area contributed by atoms with Crippen LogP contribution in [0.1, 0.15) is 29.8 Å². The Morgan fingerprint density at radius 1 is 0.691 bits per heavy atom. The van der Waals surface area contributed by atoms with Crippen LogP contribution in [0, 0.1) is 20.8 Å². The third-order valence-corrected chi connectivity index (χ3v) is 9.02. The molecule has 0 radical (unpaired) electrons. The highest BCUT2D eigenvalue weighted by molar-refractivity contribution is 5.76. The van der Waals surface area contributed by atoms with Gasteiger partial charge in [-0.1, -0.05) is 6.07 Å². The first-order chi connectivity index (χ1) is 26.7. The Hall–Kier alpha value is -7.17. The summed E-state index contributed by atoms with van der Waals surface area (Å²) in [4.78, 5) is 46.5. The van der Waals surface area contributed by atoms with Gasteiger partial charge in [-0.15, -0.1) is 4.68 Å². The molecule has 8 heterocycles. The first-order valence-corrected chi connectivity index (χ1v) is 17.1. The number of hydrogen-bond acceptors (Lipinski definition) is 11. The lowest BCUT2D eigenvalue weighted by Crippen LogP contribution is -2.29. The maximum Gasteiger partial charge on any atom is 0.388 e. The summed E-state index contributed by atoms with van der Waals surface area (Å²) < 4.78 is 40.7. The van der Waals surface area contributed by atoms with Gasteiger partial charge in [-0.2, -0.15) is 23.7 Å². The van der Waals surface area contributed by atoms with Crippen molar-refractivity contribution in [1.82, 2.24) is 53.3 Å². The topological polar surface area (TPSA) is 162 Å². The van der Waals surface area contributed by atoms with Gasteiger partial charge in [-0.25, -0.2) is 34.5 Å². The third kappa shape index (κ3) is 6.78. The summed E-state index contributed by atoms with van der Waals surface area (Å²) in [6, 6.07) is 15.6. The number of hydrogen-bond donors (Lipinski definition) is 0. The molecule has 8 aromatic heterocycles. The number of halogens is 2. The number of aryl methyl sites for hydroxylation is 2. The highest BCUT2D eigenvalue weighted by Crippen LogP contribution is 2.35. The maximum absolute atomic E-state index is 13.0. The highest BCUT2D eigenvalue weighted by atomic mass is 19.3. The lowest BCUT2D eigenvalue weighted by atomic mass is 10.0. The molecule has 15 nitrogen and oxygen atoms in total. The molecule has 1 saturated carbocycles. The summed E-state index contributed by atoms with van der Waals surface area (Å²) in [5.74, 6) is 1.10. The minimum absolute atomic E-state index is 0.193. The minimum atomic E-state index is -2.96. The van der Waals surface area contributed by atoms with E-state index in [4.69, 9.17) is 4.74 Å². The Labute approximate surface area is 310 Å². The van der Waals surface area contributed by atoms with E-state index in [0.29, 0.717) is 39.6 Å². The van der Waals surface area contributed by atoms with Crippen molar-refractivity contribution in [3.63, 3.8) is 0 Å². The van der Waals surface area contributed by atoms with Gasteiger partial charge in [0, 0.05) is 65.1 Å². The van der Waals surface area contributed by atoms with E-state index in [9.17, 15) is 18.4 Å². The van der Waals surface area contributed by atoms with Gasteiger partial charge in [0.25, 0.3) is 5.95 Å². The van der Waals surface area contributed by atoms with Crippen LogP contribution < -0.4 is 20.9 Å². The van der Waals surface area contributed by atoms with Crippen molar-refractivity contribution in [1.29, 1.82) is 0 Å². The SMILES string of the molecule is Cc1c(-c2cc3cnn(-c4ncccn4)c(=O)n3c2C)ccnc1OC1CC1.Cc1c(-c2ccnc(OC(F)F)c2)cc2cnn(-c3ccccn3)c(=O)n12. The predicted octanol–water partition coefficient (Wildman–Crippen LogP) is 5.35. The van der Waals surface area contributed by atoms with E-state index < -0.39 is 6.61 Å². The zero-order valence-electron chi connectivity index (χ0n) is 29.6. The van der Waals surface area contributed by atoms with Crippen LogP contribution in [0.5, 0.6) is 11.8 Å². The molecule has 0 spiro atoms. The molecule has 1 aliphatic carbocycles. The first-order valence-electron chi connectivity index (χ1n) is 17.1. The molecule has 1 fully saturated rings. The van der Waals surface area contributed by atoms with Gasteiger partial charge in [0.15, 0.2) is 5.82 Å². The van der Waals surface area contributed by atoms with Crippen molar-refractivity contribution < 1.29 is 18.3 Å². The number of pyridine rings is 3. The predicted molar refractivity (Wildman–Crippen MR) is 196 cm³/mol. The molecule has 0 saturated heterocycles. The van der Waals surface area contributed by atoms with Crippen LogP contribution in [0.15, 0.2) is 108 Å². The normalized spacial score (nSPS) is 12.5. The summed E-state index contributed by atoms with van der Waals surface area (Å²) >= 11 is 0. The van der Waals surface area contributed by atoms with E-state index in [1.807, 2.05) is 26.0 Å². The van der Waals surface area contributed by atoms with Crippen molar-refractivity contribution >= 4 is 11.0 Å². The lowest BCUT2D eigenvalue weighted by molar-refractivity contribution is -0.0528. The van der Waals surface area contributed by atoms with Gasteiger partial charge >= 0.3 is 18.0 Å². The molecule has 0 aliphatic heterocycles. The Kier molecular flexibility index (Phi) is 9.09. The Morgan fingerprint density at radius 2 is 1.35 bits per heavy atom. The zero-order chi connectivity index (χ0) is 38.2. The monoisotopic (exact) mass is 743 g/mol. The Bertz CT molecular complexity index is 2800. The molecule has 276 valence electrons. The maximum atomic E-state index is 13.0. The first kappa shape index (κ1) is 34.9. The van der Waals surface area contributed by atoms with Gasteiger partial charge in [0.1, 0.15) is 6.10 Å². The number of aromatic nitrogens is 11. The molecular formula is C38H31F2N11O4. The second-order valence-electron chi connectivity index (χ2n) is 12.6. The number of rotatable bonds is 8. The van der Waals surface area contributed by atoms with Gasteiger partial charge in [0.05, 0.1) is 23.4 Å². The molecule has 1 aliphatic rings. The van der Waals surface area contributed by atoms with Crippen LogP contribution in [0.2, 0.25) is 0 Å². The molecule has 55 heavy (non-hydrogen) atoms. The average Bonchev–Trinajstić information content (AvgIpc) is 3.85. The molecule has 17 heteroatoms. The van der Waals surface area contributed by atoms with Gasteiger partial charge in [0.2, 0.25) is 11.8 Å². The van der Waals surface area contributed by atoms with Gasteiger partial charge in [-0.3, -0.25) is 8.80 Å². The Balaban J connectivity index is 0.000000155. The molecule has 9 rings (SSSR count). The van der Waals surface area contributed by atoms with Crippen LogP contribution in [0.3, 0.4) is 0 Å². The fraction of sp³-hybridized carbons (Fsp3) is 0.184. The molecule has 8 aromatic rings. The minimum Gasteiger partial charge on any atom is -0.474 e. The standard InChI is InChI=1S/C20H18N6O2.C18H13F2N5O2/c1-12-16(6-9-21-18(12)28-15-4-5-15)17-10-14-11-24-26(19-22-7-3-8-23-19)20(27)25(14)13(17)2;1-11-14(12-5-7-22-16(8-12)27-17(19)20)9-13-10-23-25(18(26)24(11)13)15-4-2-3-6-21-15/h3,6-11,15H,4-5H2,1-2H3;2-10,17H,1H3. The van der Waals surface area contributed by atoms with Crippen LogP contribution in [0.4, 0.5) is 8.78 Å². The average molecular weight is 744 g/mol. The largest absolute Gasteiger partial charge is 0.474 e. The number of fused-ring (bicyclic) bond motifs is 2. The smallest absolute Gasteiger partial charge is 0.388 e. The summed E-state index contributed by atoms with van der Waals surface area (Å²) in [6.07, 6.45) is 13.5. The van der Waals surface area contributed by atoms with Crippen LogP contribution in [-0.4, -0.2) is 66.0 Å². The van der Waals surface area contributed by atoms with Crippen molar-refractivity contribution in [3.8, 4) is 45.8 Å². The molecule has 0 aromatic carbocycles. The van der Waals surface area contributed by atoms with E-state index in [2.05, 4.69) is 39.9 Å². The van der Waals surface area contributed by atoms with E-state index >= 15 is 0 Å². The van der Waals surface area contributed by atoms with E-state index in [1.54, 1.807) is 84.9 Å². The fourth-order valence-corrected chi connectivity index (χ4v) is 6.22. The van der Waals surface area contributed by atoms with Crippen molar-refractivity contribution in [2.45, 2.75) is 46.3 Å². The zero-order valence-corrected chi connectivity index (χ0v) is 29.6. The number of nitrogens with zero attached hydrogens (tertiary/aromatic N) is 11. The molecular weight excluding hydrogens is 712 g/mol. The van der Waals surface area contributed by atoms with Crippen LogP contribution >= 0.6 is 0 Å². The highest BCUT2D eigenvalue weighted by Gasteiger charge is 2.26. The molecule has 0 N–H and O–H groups in total. The third-order valence-electron chi connectivity index (χ3n) is 9.02. The summed E-state index contributed by atoms with van der Waals surface area (Å²) in [6.45, 7) is 2.72. The second kappa shape index (κ2) is 14.3. The number of ether oxygens (including phenoxy) is 2. The molecule has 0 amide bonds. The van der Waals surface area contributed by atoms with E-state index in [1.165, 1.54) is 26.0 Å². The van der Waals surface area contributed by atoms with E-state index in [0.717, 1.165) is 35.2 Å². The lowest BCUT2D eigenvalue weighted by Gasteiger charge is -2.11. The summed E-state index contributed by atoms with van der Waals surface area (Å²) in [7, 11) is 0. The fourth-order valence-electron chi connectivity index (χ4n) is 6.22.